The molecule has 0 spiro atoms. The highest BCUT2D eigenvalue weighted by atomic mass is 79.9. The van der Waals surface area contributed by atoms with Crippen molar-refractivity contribution in [1.29, 1.82) is 0 Å². The van der Waals surface area contributed by atoms with E-state index in [-0.39, 0.29) is 23.6 Å². The van der Waals surface area contributed by atoms with Gasteiger partial charge in [0.1, 0.15) is 0 Å². The number of nitrogens with one attached hydrogen (secondary N) is 1. The van der Waals surface area contributed by atoms with E-state index in [1.165, 1.54) is 16.4 Å². The molecule has 3 rings (SSSR count). The van der Waals surface area contributed by atoms with Crippen molar-refractivity contribution < 1.29 is 4.79 Å². The molecular formula is C20H22BrN5OS. The number of halogens is 1. The molecule has 0 aliphatic heterocycles. The number of amides is 1. The molecule has 3 N–H and O–H groups in total. The Balaban J connectivity index is 1.66. The highest BCUT2D eigenvalue weighted by Crippen LogP contribution is 2.28. The van der Waals surface area contributed by atoms with Crippen LogP contribution in [0, 0.1) is 5.92 Å². The van der Waals surface area contributed by atoms with Crippen LogP contribution in [0.4, 0.5) is 0 Å². The fourth-order valence-electron chi connectivity index (χ4n) is 2.84. The third kappa shape index (κ3) is 4.74. The molecule has 1 amide bonds. The van der Waals surface area contributed by atoms with Crippen LogP contribution in [0.2, 0.25) is 0 Å². The minimum atomic E-state index is -0.0713. The van der Waals surface area contributed by atoms with Gasteiger partial charge >= 0.3 is 0 Å². The Morgan fingerprint density at radius 3 is 2.50 bits per heavy atom. The lowest BCUT2D eigenvalue weighted by Crippen LogP contribution is -2.33. The molecule has 1 atom stereocenters. The van der Waals surface area contributed by atoms with Crippen LogP contribution in [-0.4, -0.2) is 26.5 Å². The number of nitrogen functional groups attached to an aromatic ring is 1. The first-order chi connectivity index (χ1) is 13.5. The van der Waals surface area contributed by atoms with E-state index in [0.29, 0.717) is 11.0 Å². The maximum atomic E-state index is 12.5. The molecule has 8 heteroatoms. The van der Waals surface area contributed by atoms with Crippen LogP contribution < -0.4 is 11.2 Å². The summed E-state index contributed by atoms with van der Waals surface area (Å²) in [4.78, 5) is 12.5. The normalized spacial score (nSPS) is 12.1. The molecule has 146 valence electrons. The van der Waals surface area contributed by atoms with Crippen LogP contribution >= 0.6 is 27.7 Å². The zero-order valence-corrected chi connectivity index (χ0v) is 18.1. The fourth-order valence-corrected chi connectivity index (χ4v) is 3.97. The smallest absolute Gasteiger partial charge is 0.230 e. The fraction of sp³-hybridized carbons (Fsp3) is 0.250. The predicted molar refractivity (Wildman–Crippen MR) is 116 cm³/mol. The van der Waals surface area contributed by atoms with Crippen molar-refractivity contribution in [3.63, 3.8) is 0 Å². The second-order valence-corrected chi connectivity index (χ2v) is 8.44. The minimum absolute atomic E-state index is 0.0409. The molecule has 0 fully saturated rings. The number of carbonyl (C=O) groups is 1. The monoisotopic (exact) mass is 459 g/mol. The molecule has 2 aromatic carbocycles. The van der Waals surface area contributed by atoms with Gasteiger partial charge in [0, 0.05) is 10.0 Å². The van der Waals surface area contributed by atoms with E-state index in [1.807, 2.05) is 54.6 Å². The van der Waals surface area contributed by atoms with Gasteiger partial charge in [-0.15, -0.1) is 10.2 Å². The van der Waals surface area contributed by atoms with E-state index in [2.05, 4.69) is 45.3 Å². The summed E-state index contributed by atoms with van der Waals surface area (Å²) in [6, 6.07) is 17.6. The Morgan fingerprint density at radius 1 is 1.14 bits per heavy atom. The Hall–Kier alpha value is -2.32. The number of aromatic nitrogens is 3. The van der Waals surface area contributed by atoms with Crippen LogP contribution in [0.5, 0.6) is 0 Å². The van der Waals surface area contributed by atoms with Gasteiger partial charge in [-0.05, 0) is 23.6 Å². The molecule has 1 aromatic heterocycles. The number of nitrogens with zero attached hydrogens (tertiary/aromatic N) is 3. The maximum absolute atomic E-state index is 12.5. The number of thioether (sulfide) groups is 1. The van der Waals surface area contributed by atoms with Gasteiger partial charge < -0.3 is 11.2 Å². The molecule has 0 saturated heterocycles. The van der Waals surface area contributed by atoms with Crippen LogP contribution in [-0.2, 0) is 4.79 Å². The van der Waals surface area contributed by atoms with Gasteiger partial charge in [-0.2, -0.15) is 0 Å². The molecule has 6 nitrogen and oxygen atoms in total. The molecule has 0 aliphatic rings. The third-order valence-corrected chi connectivity index (χ3v) is 5.89. The zero-order chi connectivity index (χ0) is 20.1. The van der Waals surface area contributed by atoms with E-state index in [1.54, 1.807) is 0 Å². The summed E-state index contributed by atoms with van der Waals surface area (Å²) in [5, 5.41) is 11.9. The van der Waals surface area contributed by atoms with Crippen LogP contribution in [0.3, 0.4) is 0 Å². The highest BCUT2D eigenvalue weighted by Gasteiger charge is 2.20. The maximum Gasteiger partial charge on any atom is 0.230 e. The second kappa shape index (κ2) is 9.25. The number of carbonyl (C=O) groups excluding carboxylic acids is 1. The third-order valence-electron chi connectivity index (χ3n) is 4.25. The molecule has 3 aromatic rings. The van der Waals surface area contributed by atoms with Crippen molar-refractivity contribution in [3.05, 3.63) is 64.6 Å². The molecule has 0 saturated carbocycles. The second-order valence-electron chi connectivity index (χ2n) is 6.64. The molecule has 0 aliphatic carbocycles. The highest BCUT2D eigenvalue weighted by molar-refractivity contribution is 9.10. The van der Waals surface area contributed by atoms with Gasteiger partial charge in [-0.25, -0.2) is 4.68 Å². The number of rotatable bonds is 7. The summed E-state index contributed by atoms with van der Waals surface area (Å²) < 4.78 is 2.29. The lowest BCUT2D eigenvalue weighted by atomic mass is 9.96. The Morgan fingerprint density at radius 2 is 1.82 bits per heavy atom. The summed E-state index contributed by atoms with van der Waals surface area (Å²) in [6.45, 7) is 4.18. The summed E-state index contributed by atoms with van der Waals surface area (Å²) in [6.07, 6.45) is 0. The quantitative estimate of drug-likeness (QED) is 0.411. The zero-order valence-electron chi connectivity index (χ0n) is 15.7. The van der Waals surface area contributed by atoms with E-state index in [0.717, 1.165) is 15.6 Å². The van der Waals surface area contributed by atoms with Crippen molar-refractivity contribution in [2.75, 3.05) is 11.6 Å². The van der Waals surface area contributed by atoms with Crippen molar-refractivity contribution in [2.24, 2.45) is 5.92 Å². The Bertz CT molecular complexity index is 945. The van der Waals surface area contributed by atoms with Crippen molar-refractivity contribution in [3.8, 4) is 11.4 Å². The van der Waals surface area contributed by atoms with Crippen molar-refractivity contribution in [2.45, 2.75) is 25.0 Å². The van der Waals surface area contributed by atoms with Crippen LogP contribution in [0.15, 0.2) is 64.2 Å². The Labute approximate surface area is 177 Å². The van der Waals surface area contributed by atoms with Gasteiger partial charge in [0.25, 0.3) is 0 Å². The minimum Gasteiger partial charge on any atom is -0.348 e. The average molecular weight is 460 g/mol. The topological polar surface area (TPSA) is 85.8 Å². The number of hydrogen-bond acceptors (Lipinski definition) is 5. The first kappa shape index (κ1) is 20.4. The summed E-state index contributed by atoms with van der Waals surface area (Å²) in [5.41, 5.74) is 1.94. The van der Waals surface area contributed by atoms with E-state index in [9.17, 15) is 4.79 Å². The Kier molecular flexibility index (Phi) is 6.74. The van der Waals surface area contributed by atoms with Gasteiger partial charge in [0.15, 0.2) is 5.82 Å². The lowest BCUT2D eigenvalue weighted by Gasteiger charge is -2.22. The summed E-state index contributed by atoms with van der Waals surface area (Å²) in [7, 11) is 0. The number of nitrogens with two attached hydrogens (primary N) is 1. The van der Waals surface area contributed by atoms with Gasteiger partial charge in [-0.1, -0.05) is 84.0 Å². The first-order valence-corrected chi connectivity index (χ1v) is 10.7. The predicted octanol–water partition coefficient (Wildman–Crippen LogP) is 4.03. The van der Waals surface area contributed by atoms with Gasteiger partial charge in [0.05, 0.1) is 11.8 Å². The number of benzene rings is 2. The van der Waals surface area contributed by atoms with E-state index >= 15 is 0 Å². The van der Waals surface area contributed by atoms with Crippen molar-refractivity contribution in [1.82, 2.24) is 20.2 Å². The van der Waals surface area contributed by atoms with E-state index < -0.39 is 0 Å². The van der Waals surface area contributed by atoms with Crippen LogP contribution in [0.25, 0.3) is 11.4 Å². The van der Waals surface area contributed by atoms with Crippen LogP contribution in [0.1, 0.15) is 25.5 Å². The molecular weight excluding hydrogens is 438 g/mol. The standard InChI is InChI=1S/C20H22BrN5OS/c1-13(2)18(14-8-4-3-5-9-14)23-17(27)12-28-20-25-24-19(26(20)22)15-10-6-7-11-16(15)21/h3-11,13,18H,12,22H2,1-2H3,(H,23,27). The average Bonchev–Trinajstić information content (AvgIpc) is 3.05. The lowest BCUT2D eigenvalue weighted by molar-refractivity contribution is -0.119. The molecule has 1 unspecified atom stereocenters. The molecule has 1 heterocycles. The van der Waals surface area contributed by atoms with Crippen molar-refractivity contribution >= 4 is 33.6 Å². The van der Waals surface area contributed by atoms with Gasteiger partial charge in [0.2, 0.25) is 11.1 Å². The molecule has 0 bridgehead atoms. The SMILES string of the molecule is CC(C)C(NC(=O)CSc1nnc(-c2ccccc2Br)n1N)c1ccccc1. The molecule has 28 heavy (non-hydrogen) atoms. The van der Waals surface area contributed by atoms with E-state index in [4.69, 9.17) is 5.84 Å². The largest absolute Gasteiger partial charge is 0.348 e. The number of hydrogen-bond donors (Lipinski definition) is 2. The summed E-state index contributed by atoms with van der Waals surface area (Å²) >= 11 is 4.76. The van der Waals surface area contributed by atoms with Gasteiger partial charge in [-0.3, -0.25) is 4.79 Å². The summed E-state index contributed by atoms with van der Waals surface area (Å²) in [5.74, 6) is 7.10. The molecule has 0 radical (unpaired) electrons. The first-order valence-electron chi connectivity index (χ1n) is 8.90.